The molecule has 1 aromatic heterocycles. The fourth-order valence-corrected chi connectivity index (χ4v) is 2.90. The molecular formula is C22H17FN4O. The predicted molar refractivity (Wildman–Crippen MR) is 109 cm³/mol. The molecule has 2 N–H and O–H groups in total. The summed E-state index contributed by atoms with van der Waals surface area (Å²) in [6.07, 6.45) is 0. The van der Waals surface area contributed by atoms with Crippen molar-refractivity contribution in [2.75, 3.05) is 5.43 Å². The van der Waals surface area contributed by atoms with Crippen molar-refractivity contribution in [1.29, 1.82) is 0 Å². The van der Waals surface area contributed by atoms with Crippen molar-refractivity contribution in [1.82, 2.24) is 9.97 Å². The lowest BCUT2D eigenvalue weighted by Crippen LogP contribution is -2.03. The Morgan fingerprint density at radius 3 is 2.46 bits per heavy atom. The molecule has 0 saturated heterocycles. The highest BCUT2D eigenvalue weighted by Crippen LogP contribution is 2.26. The summed E-state index contributed by atoms with van der Waals surface area (Å²) in [7, 11) is 0. The first kappa shape index (κ1) is 17.6. The lowest BCUT2D eigenvalue weighted by molar-refractivity contribution is 0.474. The number of benzene rings is 3. The SMILES string of the molecule is C/C(=N/Nc1nc(-c2ccccc2F)nc2ccccc12)c1ccccc1O. The van der Waals surface area contributed by atoms with Gasteiger partial charge >= 0.3 is 0 Å². The van der Waals surface area contributed by atoms with Gasteiger partial charge < -0.3 is 5.11 Å². The van der Waals surface area contributed by atoms with Gasteiger partial charge in [0.15, 0.2) is 11.6 Å². The van der Waals surface area contributed by atoms with Crippen LogP contribution in [-0.2, 0) is 0 Å². The van der Waals surface area contributed by atoms with Crippen LogP contribution in [0.5, 0.6) is 5.75 Å². The van der Waals surface area contributed by atoms with E-state index in [0.717, 1.165) is 5.39 Å². The molecule has 0 unspecified atom stereocenters. The molecule has 0 aliphatic rings. The number of phenols is 1. The third-order valence-corrected chi connectivity index (χ3v) is 4.34. The second kappa shape index (κ2) is 7.44. The Morgan fingerprint density at radius 1 is 0.929 bits per heavy atom. The van der Waals surface area contributed by atoms with Crippen LogP contribution in [-0.4, -0.2) is 20.8 Å². The van der Waals surface area contributed by atoms with Crippen LogP contribution in [0.3, 0.4) is 0 Å². The minimum Gasteiger partial charge on any atom is -0.507 e. The van der Waals surface area contributed by atoms with Crippen molar-refractivity contribution in [3.63, 3.8) is 0 Å². The van der Waals surface area contributed by atoms with Gasteiger partial charge in [-0.2, -0.15) is 5.10 Å². The van der Waals surface area contributed by atoms with Crippen molar-refractivity contribution < 1.29 is 9.50 Å². The highest BCUT2D eigenvalue weighted by molar-refractivity contribution is 6.01. The van der Waals surface area contributed by atoms with E-state index in [1.54, 1.807) is 43.3 Å². The largest absolute Gasteiger partial charge is 0.507 e. The Balaban J connectivity index is 1.79. The molecule has 1 heterocycles. The zero-order chi connectivity index (χ0) is 19.5. The van der Waals surface area contributed by atoms with E-state index in [-0.39, 0.29) is 11.6 Å². The maximum atomic E-state index is 14.2. The molecule has 4 aromatic rings. The second-order valence-electron chi connectivity index (χ2n) is 6.22. The lowest BCUT2D eigenvalue weighted by Gasteiger charge is -2.10. The van der Waals surface area contributed by atoms with Gasteiger partial charge in [-0.3, -0.25) is 5.43 Å². The molecule has 0 bridgehead atoms. The fraction of sp³-hybridized carbons (Fsp3) is 0.0455. The Bertz CT molecular complexity index is 1190. The molecule has 5 nitrogen and oxygen atoms in total. The summed E-state index contributed by atoms with van der Waals surface area (Å²) in [5, 5.41) is 15.1. The van der Waals surface area contributed by atoms with E-state index in [1.807, 2.05) is 30.3 Å². The number of nitrogens with zero attached hydrogens (tertiary/aromatic N) is 3. The molecule has 0 aliphatic heterocycles. The first-order valence-electron chi connectivity index (χ1n) is 8.74. The number of fused-ring (bicyclic) bond motifs is 1. The molecule has 6 heteroatoms. The van der Waals surface area contributed by atoms with Crippen molar-refractivity contribution in [2.24, 2.45) is 5.10 Å². The van der Waals surface area contributed by atoms with Gasteiger partial charge in [0, 0.05) is 10.9 Å². The van der Waals surface area contributed by atoms with Gasteiger partial charge in [0.25, 0.3) is 0 Å². The second-order valence-corrected chi connectivity index (χ2v) is 6.22. The molecule has 4 rings (SSSR count). The van der Waals surface area contributed by atoms with Gasteiger partial charge in [-0.1, -0.05) is 36.4 Å². The third-order valence-electron chi connectivity index (χ3n) is 4.34. The average molecular weight is 372 g/mol. The molecule has 0 amide bonds. The summed E-state index contributed by atoms with van der Waals surface area (Å²) in [6, 6.07) is 20.8. The molecule has 0 atom stereocenters. The number of aromatic hydroxyl groups is 1. The molecule has 3 aromatic carbocycles. The van der Waals surface area contributed by atoms with Crippen molar-refractivity contribution in [3.05, 3.63) is 84.2 Å². The molecule has 28 heavy (non-hydrogen) atoms. The summed E-state index contributed by atoms with van der Waals surface area (Å²) < 4.78 is 14.2. The Hall–Kier alpha value is -3.80. The Labute approximate surface area is 161 Å². The minimum absolute atomic E-state index is 0.144. The number of aromatic nitrogens is 2. The van der Waals surface area contributed by atoms with Crippen molar-refractivity contribution >= 4 is 22.4 Å². The van der Waals surface area contributed by atoms with Crippen molar-refractivity contribution in [2.45, 2.75) is 6.92 Å². The first-order chi connectivity index (χ1) is 13.6. The van der Waals surface area contributed by atoms with E-state index >= 15 is 0 Å². The number of rotatable bonds is 4. The van der Waals surface area contributed by atoms with E-state index < -0.39 is 5.82 Å². The summed E-state index contributed by atoms with van der Waals surface area (Å²) >= 11 is 0. The van der Waals surface area contributed by atoms with E-state index in [4.69, 9.17) is 0 Å². The van der Waals surface area contributed by atoms with Crippen LogP contribution in [0.4, 0.5) is 10.2 Å². The number of para-hydroxylation sites is 2. The smallest absolute Gasteiger partial charge is 0.165 e. The van der Waals surface area contributed by atoms with E-state index in [9.17, 15) is 9.50 Å². The topological polar surface area (TPSA) is 70.4 Å². The van der Waals surface area contributed by atoms with Crippen LogP contribution >= 0.6 is 0 Å². The summed E-state index contributed by atoms with van der Waals surface area (Å²) in [4.78, 5) is 8.97. The van der Waals surface area contributed by atoms with Crippen LogP contribution in [0.1, 0.15) is 12.5 Å². The van der Waals surface area contributed by atoms with Crippen LogP contribution in [0.15, 0.2) is 77.9 Å². The van der Waals surface area contributed by atoms with E-state index in [0.29, 0.717) is 28.2 Å². The van der Waals surface area contributed by atoms with Gasteiger partial charge in [0.05, 0.1) is 16.8 Å². The standard InChI is InChI=1S/C22H17FN4O/c1-14(15-8-4-7-13-20(15)28)26-27-22-17-10-3-6-12-19(17)24-21(25-22)16-9-2-5-11-18(16)23/h2-13,28H,1H3,(H,24,25,27)/b26-14-. The van der Waals surface area contributed by atoms with Gasteiger partial charge in [-0.05, 0) is 43.3 Å². The quantitative estimate of drug-likeness (QED) is 0.392. The fourth-order valence-electron chi connectivity index (χ4n) is 2.90. The number of hydrogen-bond acceptors (Lipinski definition) is 5. The molecule has 0 saturated carbocycles. The first-order valence-corrected chi connectivity index (χ1v) is 8.74. The highest BCUT2D eigenvalue weighted by Gasteiger charge is 2.12. The molecule has 0 spiro atoms. The summed E-state index contributed by atoms with van der Waals surface area (Å²) in [5.74, 6) is 0.482. The van der Waals surface area contributed by atoms with Gasteiger partial charge in [0.1, 0.15) is 11.6 Å². The number of hydrazone groups is 1. The van der Waals surface area contributed by atoms with Crippen LogP contribution in [0, 0.1) is 5.82 Å². The zero-order valence-corrected chi connectivity index (χ0v) is 15.1. The average Bonchev–Trinajstić information content (AvgIpc) is 2.72. The summed E-state index contributed by atoms with van der Waals surface area (Å²) in [5.41, 5.74) is 5.14. The highest BCUT2D eigenvalue weighted by atomic mass is 19.1. The number of halogens is 1. The Kier molecular flexibility index (Phi) is 4.68. The third kappa shape index (κ3) is 3.40. The van der Waals surface area contributed by atoms with Crippen LogP contribution in [0.2, 0.25) is 0 Å². The van der Waals surface area contributed by atoms with Crippen LogP contribution < -0.4 is 5.43 Å². The van der Waals surface area contributed by atoms with Gasteiger partial charge in [-0.25, -0.2) is 14.4 Å². The number of hydrogen-bond donors (Lipinski definition) is 2. The zero-order valence-electron chi connectivity index (χ0n) is 15.1. The number of anilines is 1. The molecular weight excluding hydrogens is 355 g/mol. The summed E-state index contributed by atoms with van der Waals surface area (Å²) in [6.45, 7) is 1.78. The van der Waals surface area contributed by atoms with Crippen LogP contribution in [0.25, 0.3) is 22.3 Å². The monoisotopic (exact) mass is 372 g/mol. The number of phenolic OH excluding ortho intramolecular Hbond substituents is 1. The predicted octanol–water partition coefficient (Wildman–Crippen LogP) is 4.98. The minimum atomic E-state index is -0.391. The molecule has 0 fully saturated rings. The molecule has 138 valence electrons. The normalized spacial score (nSPS) is 11.6. The van der Waals surface area contributed by atoms with E-state index in [1.165, 1.54) is 6.07 Å². The molecule has 0 radical (unpaired) electrons. The lowest BCUT2D eigenvalue weighted by atomic mass is 10.1. The van der Waals surface area contributed by atoms with E-state index in [2.05, 4.69) is 20.5 Å². The maximum Gasteiger partial charge on any atom is 0.165 e. The number of nitrogens with one attached hydrogen (secondary N) is 1. The van der Waals surface area contributed by atoms with Crippen molar-refractivity contribution in [3.8, 4) is 17.1 Å². The van der Waals surface area contributed by atoms with Gasteiger partial charge in [0.2, 0.25) is 0 Å². The van der Waals surface area contributed by atoms with Gasteiger partial charge in [-0.15, -0.1) is 0 Å². The maximum absolute atomic E-state index is 14.2. The molecule has 0 aliphatic carbocycles. The Morgan fingerprint density at radius 2 is 1.64 bits per heavy atom.